The van der Waals surface area contributed by atoms with Gasteiger partial charge in [0.25, 0.3) is 5.56 Å². The van der Waals surface area contributed by atoms with Gasteiger partial charge in [-0.05, 0) is 66.3 Å². The Morgan fingerprint density at radius 3 is 2.86 bits per heavy atom. The number of rotatable bonds is 4. The van der Waals surface area contributed by atoms with Gasteiger partial charge in [-0.2, -0.15) is 5.26 Å². The molecule has 1 N–H and O–H groups in total. The van der Waals surface area contributed by atoms with Gasteiger partial charge in [0, 0.05) is 28.4 Å². The summed E-state index contributed by atoms with van der Waals surface area (Å²) >= 11 is 3.44. The van der Waals surface area contributed by atoms with E-state index in [1.807, 2.05) is 24.0 Å². The van der Waals surface area contributed by atoms with Crippen LogP contribution in [0.3, 0.4) is 0 Å². The lowest BCUT2D eigenvalue weighted by Crippen LogP contribution is -2.40. The van der Waals surface area contributed by atoms with Gasteiger partial charge >= 0.3 is 0 Å². The fourth-order valence-electron chi connectivity index (χ4n) is 4.13. The number of nitrogens with zero attached hydrogens (tertiary/aromatic N) is 2. The van der Waals surface area contributed by atoms with E-state index in [1.54, 1.807) is 29.6 Å². The number of pyridine rings is 1. The van der Waals surface area contributed by atoms with E-state index < -0.39 is 0 Å². The summed E-state index contributed by atoms with van der Waals surface area (Å²) in [4.78, 5) is 32.5. The van der Waals surface area contributed by atoms with Crippen LogP contribution < -0.4 is 5.56 Å². The van der Waals surface area contributed by atoms with Gasteiger partial charge in [0.15, 0.2) is 0 Å². The lowest BCUT2D eigenvalue weighted by Gasteiger charge is -2.35. The average Bonchev–Trinajstić information content (AvgIpc) is 3.38. The van der Waals surface area contributed by atoms with Gasteiger partial charge in [0.2, 0.25) is 5.91 Å². The van der Waals surface area contributed by atoms with Crippen molar-refractivity contribution in [1.82, 2.24) is 9.88 Å². The standard InChI is InChI=1S/C22H21N3O2S2/c1-13-15(14(2)24-22(27)17(13)12-23)5-6-20(26)25-9-7-18-16(8-11-29-18)21(25)19-4-3-10-28-19/h3-4,8,10-11,21H,5-7,9H2,1-2H3,(H,24,27)/t21-/m1/s1. The van der Waals surface area contributed by atoms with Crippen LogP contribution in [-0.4, -0.2) is 22.3 Å². The highest BCUT2D eigenvalue weighted by molar-refractivity contribution is 7.10. The molecule has 29 heavy (non-hydrogen) atoms. The lowest BCUT2D eigenvalue weighted by atomic mass is 9.96. The quantitative estimate of drug-likeness (QED) is 0.686. The van der Waals surface area contributed by atoms with Crippen molar-refractivity contribution in [3.8, 4) is 6.07 Å². The molecular formula is C22H21N3O2S2. The van der Waals surface area contributed by atoms with Crippen LogP contribution in [0.1, 0.15) is 50.2 Å². The summed E-state index contributed by atoms with van der Waals surface area (Å²) in [5, 5.41) is 13.4. The Kier molecular flexibility index (Phi) is 5.39. The number of aryl methyl sites for hydroxylation is 1. The van der Waals surface area contributed by atoms with E-state index in [0.717, 1.165) is 17.7 Å². The molecule has 148 valence electrons. The molecule has 1 aliphatic rings. The minimum absolute atomic E-state index is 0.0232. The Bertz CT molecular complexity index is 1150. The number of hydrogen-bond donors (Lipinski definition) is 1. The first-order chi connectivity index (χ1) is 14.0. The number of hydrogen-bond acceptors (Lipinski definition) is 5. The zero-order valence-electron chi connectivity index (χ0n) is 16.3. The Morgan fingerprint density at radius 1 is 1.31 bits per heavy atom. The van der Waals surface area contributed by atoms with Crippen molar-refractivity contribution >= 4 is 28.6 Å². The lowest BCUT2D eigenvalue weighted by molar-refractivity contribution is -0.133. The SMILES string of the molecule is Cc1[nH]c(=O)c(C#N)c(C)c1CCC(=O)N1CCc2sccc2[C@@H]1c1cccs1. The maximum atomic E-state index is 13.2. The topological polar surface area (TPSA) is 77.0 Å². The van der Waals surface area contributed by atoms with E-state index in [9.17, 15) is 14.9 Å². The van der Waals surface area contributed by atoms with Crippen LogP contribution in [0.25, 0.3) is 0 Å². The van der Waals surface area contributed by atoms with Crippen molar-refractivity contribution in [1.29, 1.82) is 5.26 Å². The van der Waals surface area contributed by atoms with Gasteiger partial charge in [-0.3, -0.25) is 9.59 Å². The van der Waals surface area contributed by atoms with E-state index in [-0.39, 0.29) is 23.1 Å². The van der Waals surface area contributed by atoms with E-state index in [0.29, 0.717) is 24.9 Å². The van der Waals surface area contributed by atoms with Crippen molar-refractivity contribution in [3.05, 3.63) is 77.0 Å². The molecule has 0 saturated heterocycles. The maximum Gasteiger partial charge on any atom is 0.266 e. The molecule has 5 nitrogen and oxygen atoms in total. The molecule has 1 atom stereocenters. The normalized spacial score (nSPS) is 15.8. The second-order valence-corrected chi connectivity index (χ2v) is 9.20. The number of thiophene rings is 2. The summed E-state index contributed by atoms with van der Waals surface area (Å²) in [6, 6.07) is 8.22. The second kappa shape index (κ2) is 7.97. The number of aromatic amines is 1. The Balaban J connectivity index is 1.59. The first-order valence-electron chi connectivity index (χ1n) is 9.52. The van der Waals surface area contributed by atoms with E-state index in [4.69, 9.17) is 0 Å². The highest BCUT2D eigenvalue weighted by atomic mass is 32.1. The van der Waals surface area contributed by atoms with Gasteiger partial charge < -0.3 is 9.88 Å². The molecule has 4 rings (SSSR count). The molecule has 4 heterocycles. The summed E-state index contributed by atoms with van der Waals surface area (Å²) in [6.45, 7) is 4.32. The first-order valence-corrected chi connectivity index (χ1v) is 11.3. The van der Waals surface area contributed by atoms with Crippen molar-refractivity contribution < 1.29 is 4.79 Å². The smallest absolute Gasteiger partial charge is 0.266 e. The fraction of sp³-hybridized carbons (Fsp3) is 0.318. The molecule has 0 fully saturated rings. The molecule has 3 aromatic rings. The maximum absolute atomic E-state index is 13.2. The van der Waals surface area contributed by atoms with Gasteiger partial charge in [-0.25, -0.2) is 0 Å². The van der Waals surface area contributed by atoms with Crippen molar-refractivity contribution in [3.63, 3.8) is 0 Å². The van der Waals surface area contributed by atoms with Crippen molar-refractivity contribution in [2.24, 2.45) is 0 Å². The molecule has 0 spiro atoms. The van der Waals surface area contributed by atoms with Crippen LogP contribution in [0.2, 0.25) is 0 Å². The first kappa shape index (κ1) is 19.6. The largest absolute Gasteiger partial charge is 0.330 e. The van der Waals surface area contributed by atoms with Crippen LogP contribution in [0.5, 0.6) is 0 Å². The van der Waals surface area contributed by atoms with E-state index in [1.165, 1.54) is 15.3 Å². The van der Waals surface area contributed by atoms with Crippen LogP contribution in [0, 0.1) is 25.2 Å². The van der Waals surface area contributed by atoms with E-state index in [2.05, 4.69) is 27.9 Å². The van der Waals surface area contributed by atoms with Gasteiger partial charge in [0.05, 0.1) is 6.04 Å². The molecule has 0 aliphatic carbocycles. The average molecular weight is 424 g/mol. The van der Waals surface area contributed by atoms with Crippen molar-refractivity contribution in [2.75, 3.05) is 6.54 Å². The highest BCUT2D eigenvalue weighted by Gasteiger charge is 2.33. The number of amides is 1. The number of aromatic nitrogens is 1. The Morgan fingerprint density at radius 2 is 2.14 bits per heavy atom. The van der Waals surface area contributed by atoms with Crippen LogP contribution in [-0.2, 0) is 17.6 Å². The molecular weight excluding hydrogens is 402 g/mol. The third-order valence-corrected chi connectivity index (χ3v) is 7.53. The Hall–Kier alpha value is -2.69. The number of nitrogens with one attached hydrogen (secondary N) is 1. The molecule has 1 amide bonds. The van der Waals surface area contributed by atoms with E-state index >= 15 is 0 Å². The minimum atomic E-state index is -0.364. The third-order valence-electron chi connectivity index (χ3n) is 5.61. The minimum Gasteiger partial charge on any atom is -0.330 e. The second-order valence-electron chi connectivity index (χ2n) is 7.22. The predicted octanol–water partition coefficient (Wildman–Crippen LogP) is 4.09. The molecule has 0 bridgehead atoms. The number of nitriles is 1. The number of H-pyrrole nitrogens is 1. The number of carbonyl (C=O) groups excluding carboxylic acids is 1. The summed E-state index contributed by atoms with van der Waals surface area (Å²) in [6.07, 6.45) is 1.74. The van der Waals surface area contributed by atoms with Crippen molar-refractivity contribution in [2.45, 2.75) is 39.2 Å². The summed E-state index contributed by atoms with van der Waals surface area (Å²) in [5.74, 6) is 0.101. The monoisotopic (exact) mass is 423 g/mol. The molecule has 1 aliphatic heterocycles. The zero-order valence-corrected chi connectivity index (χ0v) is 18.0. The fourth-order valence-corrected chi connectivity index (χ4v) is 5.89. The molecule has 0 aromatic carbocycles. The van der Waals surface area contributed by atoms with Crippen LogP contribution >= 0.6 is 22.7 Å². The third kappa shape index (κ3) is 3.54. The highest BCUT2D eigenvalue weighted by Crippen LogP contribution is 2.39. The molecule has 7 heteroatoms. The summed E-state index contributed by atoms with van der Waals surface area (Å²) in [5.41, 5.74) is 3.30. The van der Waals surface area contributed by atoms with Crippen LogP contribution in [0.4, 0.5) is 0 Å². The van der Waals surface area contributed by atoms with Crippen LogP contribution in [0.15, 0.2) is 33.8 Å². The van der Waals surface area contributed by atoms with Gasteiger partial charge in [0.1, 0.15) is 11.6 Å². The Labute approximate surface area is 177 Å². The van der Waals surface area contributed by atoms with Gasteiger partial charge in [-0.1, -0.05) is 6.07 Å². The molecule has 3 aromatic heterocycles. The zero-order chi connectivity index (χ0) is 20.5. The number of fused-ring (bicyclic) bond motifs is 1. The number of carbonyl (C=O) groups is 1. The predicted molar refractivity (Wildman–Crippen MR) is 115 cm³/mol. The molecule has 0 saturated carbocycles. The summed E-state index contributed by atoms with van der Waals surface area (Å²) in [7, 11) is 0. The molecule has 0 radical (unpaired) electrons. The summed E-state index contributed by atoms with van der Waals surface area (Å²) < 4.78 is 0. The molecule has 0 unspecified atom stereocenters. The van der Waals surface area contributed by atoms with Gasteiger partial charge in [-0.15, -0.1) is 22.7 Å².